The van der Waals surface area contributed by atoms with Crippen LogP contribution in [-0.2, 0) is 6.42 Å². The Hall–Kier alpha value is -1.22. The topological polar surface area (TPSA) is 30.5 Å². The van der Waals surface area contributed by atoms with Crippen molar-refractivity contribution < 1.29 is 9.47 Å². The molecule has 114 valence electrons. The predicted octanol–water partition coefficient (Wildman–Crippen LogP) is 3.66. The molecule has 0 radical (unpaired) electrons. The van der Waals surface area contributed by atoms with Crippen molar-refractivity contribution in [1.82, 2.24) is 5.32 Å². The molecule has 1 atom stereocenters. The second-order valence-electron chi connectivity index (χ2n) is 5.56. The number of rotatable bonds is 9. The first kappa shape index (κ1) is 16.8. The van der Waals surface area contributed by atoms with Crippen molar-refractivity contribution in [3.8, 4) is 11.5 Å². The van der Waals surface area contributed by atoms with Crippen LogP contribution in [0.4, 0.5) is 0 Å². The summed E-state index contributed by atoms with van der Waals surface area (Å²) < 4.78 is 10.6. The van der Waals surface area contributed by atoms with Gasteiger partial charge in [0.15, 0.2) is 0 Å². The molecular formula is C17H29NO2. The number of ether oxygens (including phenoxy) is 2. The maximum atomic E-state index is 5.32. The van der Waals surface area contributed by atoms with Gasteiger partial charge in [0, 0.05) is 12.1 Å². The number of methoxy groups -OCH3 is 2. The molecule has 0 aromatic heterocycles. The van der Waals surface area contributed by atoms with Crippen LogP contribution in [0, 0.1) is 5.92 Å². The van der Waals surface area contributed by atoms with Gasteiger partial charge < -0.3 is 14.8 Å². The third-order valence-electron chi connectivity index (χ3n) is 3.62. The van der Waals surface area contributed by atoms with E-state index in [1.807, 2.05) is 6.07 Å². The van der Waals surface area contributed by atoms with E-state index in [0.29, 0.717) is 12.0 Å². The average Bonchev–Trinajstić information content (AvgIpc) is 2.46. The molecule has 3 heteroatoms. The van der Waals surface area contributed by atoms with Crippen molar-refractivity contribution in [2.75, 3.05) is 20.8 Å². The first-order valence-electron chi connectivity index (χ1n) is 7.56. The van der Waals surface area contributed by atoms with E-state index in [1.54, 1.807) is 14.2 Å². The largest absolute Gasteiger partial charge is 0.497 e. The summed E-state index contributed by atoms with van der Waals surface area (Å²) in [5.41, 5.74) is 1.27. The number of aryl methyl sites for hydroxylation is 1. The zero-order valence-corrected chi connectivity index (χ0v) is 13.5. The summed E-state index contributed by atoms with van der Waals surface area (Å²) in [5.74, 6) is 2.37. The molecule has 0 aliphatic carbocycles. The minimum Gasteiger partial charge on any atom is -0.497 e. The summed E-state index contributed by atoms with van der Waals surface area (Å²) in [6.07, 6.45) is 3.34. The Bertz CT molecular complexity index is 368. The van der Waals surface area contributed by atoms with E-state index in [1.165, 1.54) is 12.0 Å². The van der Waals surface area contributed by atoms with Crippen molar-refractivity contribution >= 4 is 0 Å². The van der Waals surface area contributed by atoms with Gasteiger partial charge in [0.1, 0.15) is 11.5 Å². The molecule has 1 rings (SSSR count). The summed E-state index contributed by atoms with van der Waals surface area (Å²) in [7, 11) is 3.39. The van der Waals surface area contributed by atoms with Crippen LogP contribution in [0.3, 0.4) is 0 Å². The fourth-order valence-corrected chi connectivity index (χ4v) is 2.33. The van der Waals surface area contributed by atoms with E-state index in [-0.39, 0.29) is 0 Å². The third kappa shape index (κ3) is 5.41. The summed E-state index contributed by atoms with van der Waals surface area (Å²) in [5, 5.41) is 3.63. The number of hydrogen-bond donors (Lipinski definition) is 1. The highest BCUT2D eigenvalue weighted by atomic mass is 16.5. The molecule has 0 saturated heterocycles. The monoisotopic (exact) mass is 279 g/mol. The van der Waals surface area contributed by atoms with E-state index in [2.05, 4.69) is 38.2 Å². The van der Waals surface area contributed by atoms with Crippen LogP contribution in [0.5, 0.6) is 11.5 Å². The molecule has 0 fully saturated rings. The van der Waals surface area contributed by atoms with Crippen LogP contribution < -0.4 is 14.8 Å². The molecule has 0 aliphatic rings. The van der Waals surface area contributed by atoms with Gasteiger partial charge >= 0.3 is 0 Å². The summed E-state index contributed by atoms with van der Waals surface area (Å²) in [6, 6.07) is 6.67. The Labute approximate surface area is 123 Å². The molecule has 0 heterocycles. The van der Waals surface area contributed by atoms with Crippen LogP contribution in [0.15, 0.2) is 18.2 Å². The van der Waals surface area contributed by atoms with E-state index < -0.39 is 0 Å². The van der Waals surface area contributed by atoms with Crippen molar-refractivity contribution in [3.05, 3.63) is 23.8 Å². The lowest BCUT2D eigenvalue weighted by Crippen LogP contribution is -2.34. The van der Waals surface area contributed by atoms with E-state index >= 15 is 0 Å². The van der Waals surface area contributed by atoms with Crippen LogP contribution in [-0.4, -0.2) is 26.8 Å². The second kappa shape index (κ2) is 8.85. The van der Waals surface area contributed by atoms with Crippen molar-refractivity contribution in [2.45, 2.75) is 46.1 Å². The summed E-state index contributed by atoms with van der Waals surface area (Å²) >= 11 is 0. The van der Waals surface area contributed by atoms with Gasteiger partial charge in [-0.1, -0.05) is 20.8 Å². The number of benzene rings is 1. The Kier molecular flexibility index (Phi) is 7.45. The van der Waals surface area contributed by atoms with E-state index in [4.69, 9.17) is 9.47 Å². The quantitative estimate of drug-likeness (QED) is 0.748. The van der Waals surface area contributed by atoms with Crippen molar-refractivity contribution in [3.63, 3.8) is 0 Å². The molecule has 1 aromatic carbocycles. The van der Waals surface area contributed by atoms with Gasteiger partial charge in [-0.3, -0.25) is 0 Å². The Morgan fingerprint density at radius 3 is 2.10 bits per heavy atom. The van der Waals surface area contributed by atoms with Gasteiger partial charge in [0.2, 0.25) is 0 Å². The first-order valence-corrected chi connectivity index (χ1v) is 7.56. The van der Waals surface area contributed by atoms with Gasteiger partial charge in [0.05, 0.1) is 14.2 Å². The van der Waals surface area contributed by atoms with Gasteiger partial charge in [0.25, 0.3) is 0 Å². The normalized spacial score (nSPS) is 12.5. The van der Waals surface area contributed by atoms with Crippen molar-refractivity contribution in [2.24, 2.45) is 5.92 Å². The lowest BCUT2D eigenvalue weighted by atomic mass is 9.96. The Morgan fingerprint density at radius 1 is 1.05 bits per heavy atom. The second-order valence-corrected chi connectivity index (χ2v) is 5.56. The van der Waals surface area contributed by atoms with Crippen LogP contribution in [0.25, 0.3) is 0 Å². The van der Waals surface area contributed by atoms with Crippen LogP contribution >= 0.6 is 0 Å². The highest BCUT2D eigenvalue weighted by Crippen LogP contribution is 2.24. The van der Waals surface area contributed by atoms with Gasteiger partial charge in [-0.25, -0.2) is 0 Å². The average molecular weight is 279 g/mol. The van der Waals surface area contributed by atoms with E-state index in [9.17, 15) is 0 Å². The van der Waals surface area contributed by atoms with Gasteiger partial charge in [-0.05, 0) is 49.4 Å². The molecule has 0 amide bonds. The van der Waals surface area contributed by atoms with E-state index in [0.717, 1.165) is 30.9 Å². The number of hydrogen-bond acceptors (Lipinski definition) is 3. The summed E-state index contributed by atoms with van der Waals surface area (Å²) in [6.45, 7) is 7.85. The first-order chi connectivity index (χ1) is 9.60. The molecule has 0 saturated carbocycles. The maximum Gasteiger partial charge on any atom is 0.122 e. The molecule has 0 spiro atoms. The molecule has 1 unspecified atom stereocenters. The highest BCUT2D eigenvalue weighted by molar-refractivity contribution is 5.38. The van der Waals surface area contributed by atoms with Crippen molar-refractivity contribution in [1.29, 1.82) is 0 Å². The lowest BCUT2D eigenvalue weighted by molar-refractivity contribution is 0.375. The standard InChI is InChI=1S/C17H29NO2/c1-6-9-18-17(13(2)3)8-7-14-10-15(19-4)12-16(11-14)20-5/h10-13,17-18H,6-9H2,1-5H3. The Morgan fingerprint density at radius 2 is 1.65 bits per heavy atom. The Balaban J connectivity index is 2.66. The molecular weight excluding hydrogens is 250 g/mol. The molecule has 1 N–H and O–H groups in total. The zero-order valence-electron chi connectivity index (χ0n) is 13.5. The van der Waals surface area contributed by atoms with Crippen LogP contribution in [0.2, 0.25) is 0 Å². The van der Waals surface area contributed by atoms with Gasteiger partial charge in [-0.15, -0.1) is 0 Å². The molecule has 0 aliphatic heterocycles. The summed E-state index contributed by atoms with van der Waals surface area (Å²) in [4.78, 5) is 0. The lowest BCUT2D eigenvalue weighted by Gasteiger charge is -2.22. The molecule has 3 nitrogen and oxygen atoms in total. The predicted molar refractivity (Wildman–Crippen MR) is 84.8 cm³/mol. The zero-order chi connectivity index (χ0) is 15.0. The fourth-order valence-electron chi connectivity index (χ4n) is 2.33. The fraction of sp³-hybridized carbons (Fsp3) is 0.647. The number of nitrogens with one attached hydrogen (secondary N) is 1. The molecule has 20 heavy (non-hydrogen) atoms. The smallest absolute Gasteiger partial charge is 0.122 e. The maximum absolute atomic E-state index is 5.32. The van der Waals surface area contributed by atoms with Crippen LogP contribution in [0.1, 0.15) is 39.2 Å². The molecule has 1 aromatic rings. The minimum absolute atomic E-state index is 0.562. The molecule has 0 bridgehead atoms. The minimum atomic E-state index is 0.562. The third-order valence-corrected chi connectivity index (χ3v) is 3.62. The highest BCUT2D eigenvalue weighted by Gasteiger charge is 2.12. The van der Waals surface area contributed by atoms with Gasteiger partial charge in [-0.2, -0.15) is 0 Å². The SMILES string of the molecule is CCCNC(CCc1cc(OC)cc(OC)c1)C(C)C.